The molecular formula is C15H18BrNO2. The van der Waals surface area contributed by atoms with E-state index in [1.54, 1.807) is 0 Å². The number of rotatable bonds is 2. The largest absolute Gasteiger partial charge is 0.391 e. The van der Waals surface area contributed by atoms with Gasteiger partial charge in [0, 0.05) is 17.6 Å². The number of hydrogen-bond acceptors (Lipinski definition) is 2. The lowest BCUT2D eigenvalue weighted by Gasteiger charge is -2.33. The highest BCUT2D eigenvalue weighted by molar-refractivity contribution is 9.10. The minimum Gasteiger partial charge on any atom is -0.391 e. The number of likely N-dealkylation sites (tertiary alicyclic amines) is 1. The topological polar surface area (TPSA) is 40.5 Å². The van der Waals surface area contributed by atoms with Crippen molar-refractivity contribution in [1.82, 2.24) is 4.90 Å². The van der Waals surface area contributed by atoms with Gasteiger partial charge in [-0.3, -0.25) is 4.79 Å². The van der Waals surface area contributed by atoms with Gasteiger partial charge < -0.3 is 10.0 Å². The van der Waals surface area contributed by atoms with Gasteiger partial charge in [0.25, 0.3) is 0 Å². The van der Waals surface area contributed by atoms with Gasteiger partial charge in [-0.25, -0.2) is 0 Å². The van der Waals surface area contributed by atoms with Crippen molar-refractivity contribution in [3.05, 3.63) is 34.3 Å². The molecule has 0 bridgehead atoms. The quantitative estimate of drug-likeness (QED) is 0.908. The lowest BCUT2D eigenvalue weighted by atomic mass is 9.93. The van der Waals surface area contributed by atoms with E-state index in [0.29, 0.717) is 6.54 Å². The zero-order valence-corrected chi connectivity index (χ0v) is 12.4. The molecule has 2 aliphatic rings. The van der Waals surface area contributed by atoms with Gasteiger partial charge in [-0.2, -0.15) is 0 Å². The molecule has 19 heavy (non-hydrogen) atoms. The van der Waals surface area contributed by atoms with Crippen molar-refractivity contribution in [1.29, 1.82) is 0 Å². The summed E-state index contributed by atoms with van der Waals surface area (Å²) in [7, 11) is 0. The number of halogens is 1. The first kappa shape index (κ1) is 13.1. The Morgan fingerprint density at radius 2 is 2.00 bits per heavy atom. The number of carbonyl (C=O) groups is 1. The minimum atomic E-state index is -0.349. The number of amides is 1. The van der Waals surface area contributed by atoms with E-state index in [1.807, 2.05) is 29.2 Å². The molecule has 0 aromatic heterocycles. The Morgan fingerprint density at radius 1 is 1.32 bits per heavy atom. The summed E-state index contributed by atoms with van der Waals surface area (Å²) >= 11 is 3.43. The Hall–Kier alpha value is -0.870. The average Bonchev–Trinajstić information content (AvgIpc) is 3.20. The van der Waals surface area contributed by atoms with E-state index >= 15 is 0 Å². The predicted molar refractivity (Wildman–Crippen MR) is 76.9 cm³/mol. The van der Waals surface area contributed by atoms with Crippen LogP contribution in [0.2, 0.25) is 0 Å². The summed E-state index contributed by atoms with van der Waals surface area (Å²) in [6.45, 7) is 1.28. The van der Waals surface area contributed by atoms with Crippen LogP contribution in [0.1, 0.15) is 31.2 Å². The summed E-state index contributed by atoms with van der Waals surface area (Å²) < 4.78 is 1.04. The molecular weight excluding hydrogens is 306 g/mol. The molecule has 1 N–H and O–H groups in total. The molecule has 0 radical (unpaired) electrons. The van der Waals surface area contributed by atoms with Crippen LogP contribution < -0.4 is 0 Å². The van der Waals surface area contributed by atoms with Crippen LogP contribution in [0.5, 0.6) is 0 Å². The first-order valence-electron chi connectivity index (χ1n) is 6.85. The van der Waals surface area contributed by atoms with Gasteiger partial charge in [-0.15, -0.1) is 0 Å². The summed E-state index contributed by atoms with van der Waals surface area (Å²) in [5.74, 6) is 0.202. The third-order valence-electron chi connectivity index (χ3n) is 4.24. The second kappa shape index (κ2) is 4.91. The van der Waals surface area contributed by atoms with E-state index in [4.69, 9.17) is 0 Å². The number of carbonyl (C=O) groups excluding carboxylic acids is 1. The lowest BCUT2D eigenvalue weighted by molar-refractivity contribution is -0.137. The van der Waals surface area contributed by atoms with E-state index in [-0.39, 0.29) is 17.4 Å². The fraction of sp³-hybridized carbons (Fsp3) is 0.533. The Balaban J connectivity index is 1.80. The summed E-state index contributed by atoms with van der Waals surface area (Å²) in [6.07, 6.45) is 3.23. The van der Waals surface area contributed by atoms with Crippen molar-refractivity contribution in [2.75, 3.05) is 13.1 Å². The number of piperidine rings is 1. The Bertz CT molecular complexity index is 481. The number of aliphatic hydroxyl groups excluding tert-OH is 1. The van der Waals surface area contributed by atoms with Gasteiger partial charge in [0.15, 0.2) is 0 Å². The predicted octanol–water partition coefficient (Wildman–Crippen LogP) is 2.46. The molecule has 1 aliphatic carbocycles. The zero-order valence-electron chi connectivity index (χ0n) is 10.8. The van der Waals surface area contributed by atoms with Gasteiger partial charge >= 0.3 is 0 Å². The molecule has 1 saturated heterocycles. The molecule has 1 heterocycles. The van der Waals surface area contributed by atoms with Crippen LogP contribution >= 0.6 is 15.9 Å². The third kappa shape index (κ3) is 2.43. The fourth-order valence-electron chi connectivity index (χ4n) is 2.96. The summed E-state index contributed by atoms with van der Waals surface area (Å²) in [5.41, 5.74) is 0.804. The minimum absolute atomic E-state index is 0.202. The van der Waals surface area contributed by atoms with Crippen LogP contribution in [0.4, 0.5) is 0 Å². The first-order valence-corrected chi connectivity index (χ1v) is 7.65. The molecule has 0 spiro atoms. The molecule has 3 rings (SSSR count). The average molecular weight is 324 g/mol. The second-order valence-electron chi connectivity index (χ2n) is 5.64. The number of β-amino-alcohol motifs (C(OH)–C–C–N with tert-alkyl or cyclic N) is 1. The van der Waals surface area contributed by atoms with E-state index in [0.717, 1.165) is 42.3 Å². The van der Waals surface area contributed by atoms with Crippen molar-refractivity contribution < 1.29 is 9.90 Å². The number of nitrogens with zero attached hydrogens (tertiary/aromatic N) is 1. The van der Waals surface area contributed by atoms with Gasteiger partial charge in [0.05, 0.1) is 11.5 Å². The highest BCUT2D eigenvalue weighted by Crippen LogP contribution is 2.50. The van der Waals surface area contributed by atoms with E-state index in [2.05, 4.69) is 15.9 Å². The van der Waals surface area contributed by atoms with E-state index < -0.39 is 0 Å². The Labute approximate surface area is 121 Å². The molecule has 102 valence electrons. The first-order chi connectivity index (χ1) is 9.12. The van der Waals surface area contributed by atoms with Crippen LogP contribution in [0.25, 0.3) is 0 Å². The Kier molecular flexibility index (Phi) is 3.39. The third-order valence-corrected chi connectivity index (χ3v) is 4.77. The lowest BCUT2D eigenvalue weighted by Crippen LogP contribution is -2.46. The van der Waals surface area contributed by atoms with Crippen molar-refractivity contribution in [2.45, 2.75) is 37.2 Å². The highest BCUT2D eigenvalue weighted by Gasteiger charge is 2.53. The number of hydrogen-bond donors (Lipinski definition) is 1. The molecule has 1 aromatic rings. The molecule has 1 aromatic carbocycles. The van der Waals surface area contributed by atoms with Gasteiger partial charge in [0.2, 0.25) is 5.91 Å². The molecule has 2 fully saturated rings. The summed E-state index contributed by atoms with van der Waals surface area (Å²) in [6, 6.07) is 8.06. The van der Waals surface area contributed by atoms with Crippen LogP contribution in [0, 0.1) is 0 Å². The van der Waals surface area contributed by atoms with Crippen molar-refractivity contribution in [3.8, 4) is 0 Å². The summed E-state index contributed by atoms with van der Waals surface area (Å²) in [4.78, 5) is 14.6. The number of benzene rings is 1. The van der Waals surface area contributed by atoms with Crippen molar-refractivity contribution in [3.63, 3.8) is 0 Å². The standard InChI is InChI=1S/C15H18BrNO2/c16-12-5-3-11(4-6-12)15(7-8-15)14(19)17-9-1-2-13(18)10-17/h3-6,13,18H,1-2,7-10H2/t13-/m0/s1. The van der Waals surface area contributed by atoms with Crippen molar-refractivity contribution in [2.24, 2.45) is 0 Å². The Morgan fingerprint density at radius 3 is 2.58 bits per heavy atom. The zero-order chi connectivity index (χ0) is 13.5. The molecule has 1 aliphatic heterocycles. The number of aliphatic hydroxyl groups is 1. The van der Waals surface area contributed by atoms with Gasteiger partial charge in [-0.1, -0.05) is 28.1 Å². The van der Waals surface area contributed by atoms with Gasteiger partial charge in [0.1, 0.15) is 0 Å². The van der Waals surface area contributed by atoms with E-state index in [9.17, 15) is 9.90 Å². The molecule has 4 heteroatoms. The van der Waals surface area contributed by atoms with Crippen LogP contribution in [0.3, 0.4) is 0 Å². The van der Waals surface area contributed by atoms with Crippen LogP contribution in [0.15, 0.2) is 28.7 Å². The maximum absolute atomic E-state index is 12.7. The monoisotopic (exact) mass is 323 g/mol. The van der Waals surface area contributed by atoms with Crippen molar-refractivity contribution >= 4 is 21.8 Å². The maximum Gasteiger partial charge on any atom is 0.233 e. The smallest absolute Gasteiger partial charge is 0.233 e. The summed E-state index contributed by atoms with van der Waals surface area (Å²) in [5, 5.41) is 9.72. The van der Waals surface area contributed by atoms with E-state index in [1.165, 1.54) is 0 Å². The molecule has 3 nitrogen and oxygen atoms in total. The van der Waals surface area contributed by atoms with Gasteiger partial charge in [-0.05, 0) is 43.4 Å². The normalized spacial score (nSPS) is 25.2. The SMILES string of the molecule is O=C(N1CCC[C@H](O)C1)C1(c2ccc(Br)cc2)CC1. The van der Waals surface area contributed by atoms with Crippen LogP contribution in [-0.2, 0) is 10.2 Å². The highest BCUT2D eigenvalue weighted by atomic mass is 79.9. The molecule has 1 saturated carbocycles. The second-order valence-corrected chi connectivity index (χ2v) is 6.55. The fourth-order valence-corrected chi connectivity index (χ4v) is 3.23. The molecule has 1 atom stereocenters. The maximum atomic E-state index is 12.7. The van der Waals surface area contributed by atoms with Crippen LogP contribution in [-0.4, -0.2) is 35.1 Å². The molecule has 1 amide bonds. The molecule has 0 unspecified atom stereocenters.